The van der Waals surface area contributed by atoms with Gasteiger partial charge in [0.15, 0.2) is 5.76 Å². The summed E-state index contributed by atoms with van der Waals surface area (Å²) in [6.45, 7) is 1.65. The molecule has 2 heterocycles. The van der Waals surface area contributed by atoms with Crippen molar-refractivity contribution in [2.75, 3.05) is 18.4 Å². The lowest BCUT2D eigenvalue weighted by Crippen LogP contribution is -2.39. The maximum atomic E-state index is 12.1. The Kier molecular flexibility index (Phi) is 6.44. The van der Waals surface area contributed by atoms with E-state index in [0.29, 0.717) is 12.2 Å². The quantitative estimate of drug-likeness (QED) is 0.637. The van der Waals surface area contributed by atoms with Gasteiger partial charge in [-0.2, -0.15) is 0 Å². The van der Waals surface area contributed by atoms with E-state index in [9.17, 15) is 14.4 Å². The number of primary amides is 1. The third kappa shape index (κ3) is 5.20. The zero-order valence-electron chi connectivity index (χ0n) is 15.5. The molecule has 1 fully saturated rings. The molecular weight excluding hydrogens is 360 g/mol. The molecule has 1 aromatic carbocycles. The van der Waals surface area contributed by atoms with Crippen LogP contribution in [-0.2, 0) is 16.1 Å². The molecule has 3 rings (SSSR count). The Labute approximate surface area is 163 Å². The van der Waals surface area contributed by atoms with Crippen molar-refractivity contribution in [1.29, 1.82) is 0 Å². The van der Waals surface area contributed by atoms with Crippen LogP contribution in [0.2, 0.25) is 0 Å². The molecule has 4 N–H and O–H groups in total. The Balaban J connectivity index is 1.48. The van der Waals surface area contributed by atoms with Crippen molar-refractivity contribution in [2.45, 2.75) is 31.8 Å². The van der Waals surface area contributed by atoms with Crippen molar-refractivity contribution in [1.82, 2.24) is 10.2 Å². The number of nitrogens with two attached hydrogens (primary N) is 1. The number of hydrogen-bond donors (Lipinski definition) is 3. The first-order valence-corrected chi connectivity index (χ1v) is 9.27. The van der Waals surface area contributed by atoms with Gasteiger partial charge in [-0.15, -0.1) is 0 Å². The highest BCUT2D eigenvalue weighted by Gasteiger charge is 2.28. The number of benzene rings is 1. The van der Waals surface area contributed by atoms with E-state index in [0.717, 1.165) is 24.9 Å². The molecular formula is C20H24N4O4. The molecule has 1 aliphatic rings. The number of likely N-dealkylation sites (tertiary alicyclic amines) is 1. The predicted molar refractivity (Wildman–Crippen MR) is 103 cm³/mol. The summed E-state index contributed by atoms with van der Waals surface area (Å²) in [5.74, 6) is -0.634. The molecule has 8 nitrogen and oxygen atoms in total. The van der Waals surface area contributed by atoms with Crippen molar-refractivity contribution < 1.29 is 18.8 Å². The van der Waals surface area contributed by atoms with Gasteiger partial charge in [0.1, 0.15) is 0 Å². The lowest BCUT2D eigenvalue weighted by molar-refractivity contribution is -0.122. The van der Waals surface area contributed by atoms with Crippen LogP contribution in [0.4, 0.5) is 5.69 Å². The summed E-state index contributed by atoms with van der Waals surface area (Å²) in [6, 6.07) is 10.5. The lowest BCUT2D eigenvalue weighted by Gasteiger charge is -2.22. The van der Waals surface area contributed by atoms with Crippen LogP contribution in [0.15, 0.2) is 47.1 Å². The fourth-order valence-electron chi connectivity index (χ4n) is 3.33. The fraction of sp³-hybridized carbons (Fsp3) is 0.350. The zero-order valence-corrected chi connectivity index (χ0v) is 15.5. The highest BCUT2D eigenvalue weighted by Crippen LogP contribution is 2.21. The number of carbonyl (C=O) groups excluding carboxylic acids is 3. The minimum absolute atomic E-state index is 0.145. The number of anilines is 1. The average molecular weight is 384 g/mol. The zero-order chi connectivity index (χ0) is 19.9. The molecule has 0 radical (unpaired) electrons. The van der Waals surface area contributed by atoms with Crippen LogP contribution in [-0.4, -0.2) is 41.8 Å². The number of nitrogens with one attached hydrogen (secondary N) is 2. The Bertz CT molecular complexity index is 834. The number of rotatable bonds is 8. The normalized spacial score (nSPS) is 16.6. The molecule has 28 heavy (non-hydrogen) atoms. The highest BCUT2D eigenvalue weighted by atomic mass is 16.3. The van der Waals surface area contributed by atoms with Crippen LogP contribution in [0.5, 0.6) is 0 Å². The maximum Gasteiger partial charge on any atom is 0.286 e. The number of amides is 3. The third-order valence-electron chi connectivity index (χ3n) is 4.67. The molecule has 1 atom stereocenters. The molecule has 3 amide bonds. The smallest absolute Gasteiger partial charge is 0.286 e. The molecule has 1 saturated heterocycles. The summed E-state index contributed by atoms with van der Waals surface area (Å²) >= 11 is 0. The molecule has 148 valence electrons. The Morgan fingerprint density at radius 3 is 2.82 bits per heavy atom. The molecule has 0 bridgehead atoms. The van der Waals surface area contributed by atoms with Gasteiger partial charge >= 0.3 is 0 Å². The topological polar surface area (TPSA) is 118 Å². The Morgan fingerprint density at radius 2 is 2.07 bits per heavy atom. The van der Waals surface area contributed by atoms with Gasteiger partial charge in [-0.25, -0.2) is 0 Å². The molecule has 0 spiro atoms. The van der Waals surface area contributed by atoms with E-state index >= 15 is 0 Å². The van der Waals surface area contributed by atoms with E-state index in [2.05, 4.69) is 15.5 Å². The van der Waals surface area contributed by atoms with Gasteiger partial charge in [0.25, 0.3) is 5.91 Å². The Hall–Kier alpha value is -3.13. The van der Waals surface area contributed by atoms with Crippen molar-refractivity contribution in [3.8, 4) is 0 Å². The van der Waals surface area contributed by atoms with Crippen LogP contribution >= 0.6 is 0 Å². The van der Waals surface area contributed by atoms with Crippen LogP contribution in [0, 0.1) is 0 Å². The van der Waals surface area contributed by atoms with Crippen molar-refractivity contribution >= 4 is 23.4 Å². The summed E-state index contributed by atoms with van der Waals surface area (Å²) in [6.07, 6.45) is 3.30. The monoisotopic (exact) mass is 384 g/mol. The van der Waals surface area contributed by atoms with Gasteiger partial charge in [-0.1, -0.05) is 12.1 Å². The van der Waals surface area contributed by atoms with Gasteiger partial charge in [0, 0.05) is 25.2 Å². The second-order valence-corrected chi connectivity index (χ2v) is 6.76. The van der Waals surface area contributed by atoms with Crippen LogP contribution in [0.3, 0.4) is 0 Å². The predicted octanol–water partition coefficient (Wildman–Crippen LogP) is 1.49. The molecule has 0 aliphatic carbocycles. The number of carbonyl (C=O) groups is 3. The fourth-order valence-corrected chi connectivity index (χ4v) is 3.33. The molecule has 1 aliphatic heterocycles. The summed E-state index contributed by atoms with van der Waals surface area (Å²) in [4.78, 5) is 37.5. The van der Waals surface area contributed by atoms with E-state index in [-0.39, 0.29) is 42.5 Å². The minimum atomic E-state index is -0.352. The summed E-state index contributed by atoms with van der Waals surface area (Å²) in [5, 5.41) is 5.46. The van der Waals surface area contributed by atoms with Crippen molar-refractivity contribution in [2.24, 2.45) is 5.73 Å². The first-order valence-electron chi connectivity index (χ1n) is 9.27. The first kappa shape index (κ1) is 19.6. The largest absolute Gasteiger partial charge is 0.459 e. The van der Waals surface area contributed by atoms with E-state index in [1.54, 1.807) is 18.2 Å². The number of furan rings is 1. The SMILES string of the molecule is NC(=O)C1CCCN1Cc1cccc(NC(=O)CCNC(=O)c2ccco2)c1. The van der Waals surface area contributed by atoms with Gasteiger partial charge in [0.05, 0.1) is 12.3 Å². The van der Waals surface area contributed by atoms with Gasteiger partial charge in [-0.3, -0.25) is 19.3 Å². The molecule has 1 aromatic heterocycles. The van der Waals surface area contributed by atoms with Crippen LogP contribution in [0.1, 0.15) is 35.4 Å². The summed E-state index contributed by atoms with van der Waals surface area (Å²) in [7, 11) is 0. The maximum absolute atomic E-state index is 12.1. The standard InChI is InChI=1S/C20H24N4O4/c21-19(26)16-6-2-10-24(16)13-14-4-1-5-15(12-14)23-18(25)8-9-22-20(27)17-7-3-11-28-17/h1,3-5,7,11-12,16H,2,6,8-10,13H2,(H2,21,26)(H,22,27)(H,23,25). The molecule has 2 aromatic rings. The van der Waals surface area contributed by atoms with Gasteiger partial charge in [0.2, 0.25) is 11.8 Å². The average Bonchev–Trinajstić information content (AvgIpc) is 3.34. The lowest BCUT2D eigenvalue weighted by atomic mass is 10.1. The second kappa shape index (κ2) is 9.18. The van der Waals surface area contributed by atoms with Crippen molar-refractivity contribution in [3.05, 3.63) is 54.0 Å². The second-order valence-electron chi connectivity index (χ2n) is 6.76. The van der Waals surface area contributed by atoms with Gasteiger partial charge < -0.3 is 20.8 Å². The van der Waals surface area contributed by atoms with Crippen molar-refractivity contribution in [3.63, 3.8) is 0 Å². The Morgan fingerprint density at radius 1 is 1.21 bits per heavy atom. The van der Waals surface area contributed by atoms with E-state index < -0.39 is 0 Å². The highest BCUT2D eigenvalue weighted by molar-refractivity contribution is 5.93. The summed E-state index contributed by atoms with van der Waals surface area (Å²) < 4.78 is 4.99. The van der Waals surface area contributed by atoms with Gasteiger partial charge in [-0.05, 0) is 49.2 Å². The molecule has 0 saturated carbocycles. The van der Waals surface area contributed by atoms with Crippen LogP contribution in [0.25, 0.3) is 0 Å². The number of hydrogen-bond acceptors (Lipinski definition) is 5. The third-order valence-corrected chi connectivity index (χ3v) is 4.67. The molecule has 1 unspecified atom stereocenters. The summed E-state index contributed by atoms with van der Waals surface area (Å²) in [5.41, 5.74) is 7.14. The van der Waals surface area contributed by atoms with E-state index in [4.69, 9.17) is 10.2 Å². The van der Waals surface area contributed by atoms with E-state index in [1.165, 1.54) is 6.26 Å². The minimum Gasteiger partial charge on any atom is -0.459 e. The first-order chi connectivity index (χ1) is 13.5. The van der Waals surface area contributed by atoms with Crippen LogP contribution < -0.4 is 16.4 Å². The molecule has 8 heteroatoms. The van der Waals surface area contributed by atoms with E-state index in [1.807, 2.05) is 18.2 Å². The number of nitrogens with zero attached hydrogens (tertiary/aromatic N) is 1.